The van der Waals surface area contributed by atoms with Crippen LogP contribution in [-0.2, 0) is 10.0 Å². The van der Waals surface area contributed by atoms with Crippen molar-refractivity contribution in [2.24, 2.45) is 0 Å². The lowest BCUT2D eigenvalue weighted by molar-refractivity contribution is 0.0697. The summed E-state index contributed by atoms with van der Waals surface area (Å²) in [5.74, 6) is -0.776. The summed E-state index contributed by atoms with van der Waals surface area (Å²) in [6.07, 6.45) is 5.65. The van der Waals surface area contributed by atoms with E-state index in [1.165, 1.54) is 19.2 Å². The van der Waals surface area contributed by atoms with Crippen LogP contribution in [0.15, 0.2) is 12.3 Å². The molecule has 1 aromatic rings. The Kier molecular flexibility index (Phi) is 5.23. The summed E-state index contributed by atoms with van der Waals surface area (Å²) in [5.41, 5.74) is 0.205. The van der Waals surface area contributed by atoms with E-state index in [0.717, 1.165) is 38.8 Å². The van der Waals surface area contributed by atoms with Crippen LogP contribution in [0.2, 0.25) is 0 Å². The second-order valence-corrected chi connectivity index (χ2v) is 7.32. The van der Waals surface area contributed by atoms with E-state index in [4.69, 9.17) is 0 Å². The van der Waals surface area contributed by atoms with Gasteiger partial charge in [0.05, 0.1) is 17.6 Å². The molecule has 122 valence electrons. The Hall–Kier alpha value is -1.83. The number of rotatable bonds is 5. The molecule has 0 unspecified atom stereocenters. The highest BCUT2D eigenvalue weighted by molar-refractivity contribution is 7.92. The average Bonchev–Trinajstić information content (AvgIpc) is 2.76. The number of hydrogen-bond donors (Lipinski definition) is 2. The van der Waals surface area contributed by atoms with Gasteiger partial charge in [0, 0.05) is 13.1 Å². The summed E-state index contributed by atoms with van der Waals surface area (Å²) in [5, 5.41) is 9.40. The molecule has 1 saturated heterocycles. The minimum Gasteiger partial charge on any atom is -0.478 e. The zero-order valence-corrected chi connectivity index (χ0v) is 13.4. The molecule has 1 aromatic heterocycles. The van der Waals surface area contributed by atoms with E-state index in [0.29, 0.717) is 5.82 Å². The number of aromatic carboxylic acids is 1. The van der Waals surface area contributed by atoms with Gasteiger partial charge < -0.3 is 10.0 Å². The summed E-state index contributed by atoms with van der Waals surface area (Å²) < 4.78 is 25.5. The topological polar surface area (TPSA) is 99.6 Å². The number of pyridine rings is 1. The Morgan fingerprint density at radius 1 is 1.32 bits per heavy atom. The Morgan fingerprint density at radius 3 is 2.50 bits per heavy atom. The molecule has 1 aliphatic heterocycles. The van der Waals surface area contributed by atoms with Crippen molar-refractivity contribution in [3.8, 4) is 0 Å². The molecule has 0 aliphatic carbocycles. The van der Waals surface area contributed by atoms with Crippen molar-refractivity contribution in [2.45, 2.75) is 32.6 Å². The number of anilines is 2. The van der Waals surface area contributed by atoms with Gasteiger partial charge in [-0.15, -0.1) is 0 Å². The predicted octanol–water partition coefficient (Wildman–Crippen LogP) is 1.92. The monoisotopic (exact) mass is 327 g/mol. The maximum absolute atomic E-state index is 11.6. The smallest absolute Gasteiger partial charge is 0.339 e. The lowest BCUT2D eigenvalue weighted by atomic mass is 10.2. The number of hydrogen-bond acceptors (Lipinski definition) is 5. The number of nitrogens with one attached hydrogen (secondary N) is 1. The third-order valence-corrected chi connectivity index (χ3v) is 4.96. The molecule has 22 heavy (non-hydrogen) atoms. The predicted molar refractivity (Wildman–Crippen MR) is 85.0 cm³/mol. The third-order valence-electron chi connectivity index (χ3n) is 3.66. The van der Waals surface area contributed by atoms with Crippen molar-refractivity contribution >= 4 is 27.5 Å². The molecule has 1 fully saturated rings. The number of carbonyl (C=O) groups is 1. The van der Waals surface area contributed by atoms with E-state index in [2.05, 4.69) is 9.71 Å². The lowest BCUT2D eigenvalue weighted by Crippen LogP contribution is -2.27. The van der Waals surface area contributed by atoms with Crippen molar-refractivity contribution in [3.05, 3.63) is 17.8 Å². The molecule has 7 nitrogen and oxygen atoms in total. The van der Waals surface area contributed by atoms with Gasteiger partial charge in [0.2, 0.25) is 10.0 Å². The van der Waals surface area contributed by atoms with Crippen molar-refractivity contribution in [1.29, 1.82) is 0 Å². The summed E-state index contributed by atoms with van der Waals surface area (Å²) in [6.45, 7) is 3.06. The second kappa shape index (κ2) is 6.95. The second-order valence-electron chi connectivity index (χ2n) is 5.31. The molecule has 0 saturated carbocycles. The van der Waals surface area contributed by atoms with E-state index in [1.807, 2.05) is 4.90 Å². The van der Waals surface area contributed by atoms with E-state index in [1.54, 1.807) is 0 Å². The Morgan fingerprint density at radius 2 is 1.95 bits per heavy atom. The fourth-order valence-corrected chi connectivity index (χ4v) is 3.07. The molecule has 8 heteroatoms. The van der Waals surface area contributed by atoms with Gasteiger partial charge in [-0.25, -0.2) is 18.2 Å². The maximum Gasteiger partial charge on any atom is 0.339 e. The fourth-order valence-electron chi connectivity index (χ4n) is 2.46. The van der Waals surface area contributed by atoms with Gasteiger partial charge in [-0.2, -0.15) is 0 Å². The number of carboxylic acids is 1. The normalized spacial score (nSPS) is 16.1. The van der Waals surface area contributed by atoms with Gasteiger partial charge in [-0.3, -0.25) is 4.72 Å². The first kappa shape index (κ1) is 16.5. The molecule has 1 aliphatic rings. The van der Waals surface area contributed by atoms with Gasteiger partial charge in [-0.05, 0) is 25.8 Å². The molecule has 0 bridgehead atoms. The Balaban J connectivity index is 2.33. The average molecular weight is 327 g/mol. The summed E-state index contributed by atoms with van der Waals surface area (Å²) in [7, 11) is -3.46. The fraction of sp³-hybridized carbons (Fsp3) is 0.571. The quantitative estimate of drug-likeness (QED) is 0.857. The lowest BCUT2D eigenvalue weighted by Gasteiger charge is -2.23. The Labute approximate surface area is 130 Å². The van der Waals surface area contributed by atoms with Gasteiger partial charge >= 0.3 is 5.97 Å². The summed E-state index contributed by atoms with van der Waals surface area (Å²) in [4.78, 5) is 17.7. The first-order valence-corrected chi connectivity index (χ1v) is 9.07. The summed E-state index contributed by atoms with van der Waals surface area (Å²) >= 11 is 0. The van der Waals surface area contributed by atoms with Crippen molar-refractivity contribution in [1.82, 2.24) is 4.98 Å². The van der Waals surface area contributed by atoms with Crippen LogP contribution in [0.4, 0.5) is 11.5 Å². The first-order chi connectivity index (χ1) is 10.4. The molecular weight excluding hydrogens is 306 g/mol. The van der Waals surface area contributed by atoms with E-state index >= 15 is 0 Å². The SMILES string of the molecule is CCS(=O)(=O)Nc1cnc(N2CCCCCC2)c(C(=O)O)c1. The zero-order valence-electron chi connectivity index (χ0n) is 12.6. The van der Waals surface area contributed by atoms with E-state index < -0.39 is 16.0 Å². The van der Waals surface area contributed by atoms with Gasteiger partial charge in [-0.1, -0.05) is 12.8 Å². The van der Waals surface area contributed by atoms with Crippen LogP contribution < -0.4 is 9.62 Å². The van der Waals surface area contributed by atoms with E-state index in [9.17, 15) is 18.3 Å². The van der Waals surface area contributed by atoms with Crippen molar-refractivity contribution in [3.63, 3.8) is 0 Å². The third kappa shape index (κ3) is 4.09. The molecule has 2 rings (SSSR count). The van der Waals surface area contributed by atoms with Crippen LogP contribution in [-0.4, -0.2) is 43.3 Å². The van der Waals surface area contributed by atoms with Gasteiger partial charge in [0.1, 0.15) is 11.4 Å². The van der Waals surface area contributed by atoms with Crippen molar-refractivity contribution in [2.75, 3.05) is 28.5 Å². The highest BCUT2D eigenvalue weighted by Crippen LogP contribution is 2.24. The number of aromatic nitrogens is 1. The highest BCUT2D eigenvalue weighted by atomic mass is 32.2. The number of carboxylic acid groups (broad SMARTS) is 1. The van der Waals surface area contributed by atoms with Gasteiger partial charge in [0.25, 0.3) is 0 Å². The molecule has 0 amide bonds. The van der Waals surface area contributed by atoms with Crippen LogP contribution in [0.5, 0.6) is 0 Å². The zero-order chi connectivity index (χ0) is 16.2. The highest BCUT2D eigenvalue weighted by Gasteiger charge is 2.20. The molecule has 0 radical (unpaired) electrons. The molecule has 0 atom stereocenters. The molecular formula is C14H21N3O4S. The van der Waals surface area contributed by atoms with Crippen LogP contribution in [0.3, 0.4) is 0 Å². The first-order valence-electron chi connectivity index (χ1n) is 7.41. The van der Waals surface area contributed by atoms with Crippen LogP contribution in [0.1, 0.15) is 43.0 Å². The van der Waals surface area contributed by atoms with Crippen LogP contribution >= 0.6 is 0 Å². The van der Waals surface area contributed by atoms with Gasteiger partial charge in [0.15, 0.2) is 0 Å². The van der Waals surface area contributed by atoms with Crippen LogP contribution in [0, 0.1) is 0 Å². The minimum atomic E-state index is -3.46. The molecule has 0 aromatic carbocycles. The Bertz CT molecular complexity index is 637. The van der Waals surface area contributed by atoms with E-state index in [-0.39, 0.29) is 17.0 Å². The standard InChI is InChI=1S/C14H21N3O4S/c1-2-22(20,21)16-11-9-12(14(18)19)13(15-10-11)17-7-5-3-4-6-8-17/h9-10,16H,2-8H2,1H3,(H,18,19). The largest absolute Gasteiger partial charge is 0.478 e. The number of sulfonamides is 1. The molecule has 2 N–H and O–H groups in total. The van der Waals surface area contributed by atoms with Crippen molar-refractivity contribution < 1.29 is 18.3 Å². The number of nitrogens with zero attached hydrogens (tertiary/aromatic N) is 2. The molecule has 0 spiro atoms. The minimum absolute atomic E-state index is 0.0261. The maximum atomic E-state index is 11.6. The molecule has 2 heterocycles. The summed E-state index contributed by atoms with van der Waals surface area (Å²) in [6, 6.07) is 1.34. The van der Waals surface area contributed by atoms with Crippen LogP contribution in [0.25, 0.3) is 0 Å².